The molecule has 1 unspecified atom stereocenters. The van der Waals surface area contributed by atoms with Gasteiger partial charge in [0.25, 0.3) is 0 Å². The first kappa shape index (κ1) is 13.4. The van der Waals surface area contributed by atoms with Gasteiger partial charge in [-0.2, -0.15) is 5.10 Å². The van der Waals surface area contributed by atoms with Gasteiger partial charge in [0.05, 0.1) is 12.2 Å². The van der Waals surface area contributed by atoms with Gasteiger partial charge in [0.1, 0.15) is 10.7 Å². The monoisotopic (exact) mass is 272 g/mol. The molecule has 102 valence electrons. The van der Waals surface area contributed by atoms with Gasteiger partial charge < -0.3 is 5.73 Å². The van der Waals surface area contributed by atoms with Crippen LogP contribution in [-0.4, -0.2) is 24.2 Å². The molecule has 1 aromatic heterocycles. The minimum absolute atomic E-state index is 0.0647. The van der Waals surface area contributed by atoms with Crippen LogP contribution in [0.3, 0.4) is 0 Å². The van der Waals surface area contributed by atoms with Crippen molar-refractivity contribution < 1.29 is 8.42 Å². The zero-order chi connectivity index (χ0) is 13.5. The predicted octanol–water partition coefficient (Wildman–Crippen LogP) is 1.12. The minimum Gasteiger partial charge on any atom is -0.383 e. The van der Waals surface area contributed by atoms with E-state index in [4.69, 9.17) is 5.73 Å². The van der Waals surface area contributed by atoms with Gasteiger partial charge in [0, 0.05) is 6.04 Å². The van der Waals surface area contributed by atoms with E-state index < -0.39 is 10.0 Å². The Bertz CT molecular complexity index is 531. The summed E-state index contributed by atoms with van der Waals surface area (Å²) in [6.07, 6.45) is 3.13. The van der Waals surface area contributed by atoms with E-state index in [1.807, 2.05) is 20.8 Å². The third-order valence-corrected chi connectivity index (χ3v) is 4.88. The Hall–Kier alpha value is -1.08. The Labute approximate surface area is 108 Å². The van der Waals surface area contributed by atoms with Gasteiger partial charge in [-0.3, -0.25) is 0 Å². The summed E-state index contributed by atoms with van der Waals surface area (Å²) in [6.45, 7) is 6.06. The Morgan fingerprint density at radius 3 is 2.56 bits per heavy atom. The van der Waals surface area contributed by atoms with E-state index >= 15 is 0 Å². The number of hydrogen-bond donors (Lipinski definition) is 2. The maximum atomic E-state index is 12.1. The number of sulfonamides is 1. The minimum atomic E-state index is -3.52. The Morgan fingerprint density at radius 1 is 1.44 bits per heavy atom. The lowest BCUT2D eigenvalue weighted by Gasteiger charge is -2.17. The van der Waals surface area contributed by atoms with Crippen LogP contribution in [0.5, 0.6) is 0 Å². The largest absolute Gasteiger partial charge is 0.383 e. The van der Waals surface area contributed by atoms with Crippen molar-refractivity contribution in [3.8, 4) is 0 Å². The second-order valence-electron chi connectivity index (χ2n) is 5.22. The molecular weight excluding hydrogens is 252 g/mol. The maximum Gasteiger partial charge on any atom is 0.246 e. The van der Waals surface area contributed by atoms with Crippen LogP contribution in [0.4, 0.5) is 5.82 Å². The summed E-state index contributed by atoms with van der Waals surface area (Å²) >= 11 is 0. The summed E-state index contributed by atoms with van der Waals surface area (Å²) in [5.74, 6) is 0.545. The molecule has 3 N–H and O–H groups in total. The lowest BCUT2D eigenvalue weighted by molar-refractivity contribution is 0.380. The third-order valence-electron chi connectivity index (χ3n) is 3.34. The highest BCUT2D eigenvalue weighted by molar-refractivity contribution is 7.89. The molecule has 1 atom stereocenters. The fraction of sp³-hybridized carbons (Fsp3) is 0.727. The molecule has 0 aliphatic heterocycles. The molecule has 0 saturated heterocycles. The van der Waals surface area contributed by atoms with Crippen LogP contribution in [0.25, 0.3) is 0 Å². The van der Waals surface area contributed by atoms with E-state index in [0.29, 0.717) is 5.92 Å². The van der Waals surface area contributed by atoms with Crippen LogP contribution in [0.1, 0.15) is 39.7 Å². The number of rotatable bonds is 5. The molecular formula is C11H20N4O2S. The van der Waals surface area contributed by atoms with Crippen molar-refractivity contribution in [2.75, 3.05) is 5.73 Å². The second kappa shape index (κ2) is 4.55. The molecule has 0 bridgehead atoms. The molecule has 1 aliphatic carbocycles. The molecule has 1 aromatic rings. The van der Waals surface area contributed by atoms with Crippen molar-refractivity contribution in [2.24, 2.45) is 5.92 Å². The maximum absolute atomic E-state index is 12.1. The van der Waals surface area contributed by atoms with Crippen LogP contribution in [0.15, 0.2) is 11.1 Å². The molecule has 0 radical (unpaired) electrons. The number of aromatic nitrogens is 2. The second-order valence-corrected chi connectivity index (χ2v) is 6.90. The molecule has 6 nitrogen and oxygen atoms in total. The molecule has 1 heterocycles. The van der Waals surface area contributed by atoms with Gasteiger partial charge in [-0.1, -0.05) is 13.8 Å². The molecule has 18 heavy (non-hydrogen) atoms. The highest BCUT2D eigenvalue weighted by Crippen LogP contribution is 2.27. The number of nitrogens with one attached hydrogen (secondary N) is 1. The smallest absolute Gasteiger partial charge is 0.246 e. The number of anilines is 1. The van der Waals surface area contributed by atoms with E-state index in [1.54, 1.807) is 4.68 Å². The molecule has 1 fully saturated rings. The van der Waals surface area contributed by atoms with E-state index in [-0.39, 0.29) is 22.8 Å². The van der Waals surface area contributed by atoms with Crippen molar-refractivity contribution in [1.82, 2.24) is 14.5 Å². The SMILES string of the molecule is CC(C)C(C)n1ncc(S(=O)(=O)NC2CC2)c1N. The zero-order valence-corrected chi connectivity index (χ0v) is 11.7. The first-order valence-electron chi connectivity index (χ1n) is 6.18. The molecule has 1 saturated carbocycles. The van der Waals surface area contributed by atoms with Gasteiger partial charge in [0.15, 0.2) is 0 Å². The lowest BCUT2D eigenvalue weighted by Crippen LogP contribution is -2.26. The fourth-order valence-corrected chi connectivity index (χ4v) is 3.01. The molecule has 0 amide bonds. The first-order chi connectivity index (χ1) is 8.33. The fourth-order valence-electron chi connectivity index (χ4n) is 1.65. The topological polar surface area (TPSA) is 90.0 Å². The van der Waals surface area contributed by atoms with Crippen molar-refractivity contribution in [3.05, 3.63) is 6.20 Å². The van der Waals surface area contributed by atoms with Gasteiger partial charge in [-0.05, 0) is 25.7 Å². The van der Waals surface area contributed by atoms with Gasteiger partial charge >= 0.3 is 0 Å². The van der Waals surface area contributed by atoms with Gasteiger partial charge in [-0.15, -0.1) is 0 Å². The number of nitrogen functional groups attached to an aromatic ring is 1. The average molecular weight is 272 g/mol. The van der Waals surface area contributed by atoms with Crippen molar-refractivity contribution in [2.45, 2.75) is 50.6 Å². The highest BCUT2D eigenvalue weighted by Gasteiger charge is 2.31. The number of nitrogens with zero attached hydrogens (tertiary/aromatic N) is 2. The average Bonchev–Trinajstić information content (AvgIpc) is 2.96. The van der Waals surface area contributed by atoms with E-state index in [0.717, 1.165) is 12.8 Å². The molecule has 7 heteroatoms. The molecule has 0 spiro atoms. The normalized spacial score (nSPS) is 18.2. The van der Waals surface area contributed by atoms with E-state index in [1.165, 1.54) is 6.20 Å². The standard InChI is InChI=1S/C11H20N4O2S/c1-7(2)8(3)15-11(12)10(6-13-15)18(16,17)14-9-4-5-9/h6-9,14H,4-5,12H2,1-3H3. The van der Waals surface area contributed by atoms with Crippen molar-refractivity contribution in [1.29, 1.82) is 0 Å². The highest BCUT2D eigenvalue weighted by atomic mass is 32.2. The quantitative estimate of drug-likeness (QED) is 0.840. The van der Waals surface area contributed by atoms with Crippen LogP contribution in [0.2, 0.25) is 0 Å². The third kappa shape index (κ3) is 2.51. The van der Waals surface area contributed by atoms with E-state index in [2.05, 4.69) is 9.82 Å². The first-order valence-corrected chi connectivity index (χ1v) is 7.66. The molecule has 1 aliphatic rings. The zero-order valence-electron chi connectivity index (χ0n) is 10.9. The van der Waals surface area contributed by atoms with Gasteiger partial charge in [-0.25, -0.2) is 17.8 Å². The Balaban J connectivity index is 2.30. The summed E-state index contributed by atoms with van der Waals surface area (Å²) in [4.78, 5) is 0.0851. The number of nitrogens with two attached hydrogens (primary N) is 1. The van der Waals surface area contributed by atoms with Crippen molar-refractivity contribution >= 4 is 15.8 Å². The van der Waals surface area contributed by atoms with Crippen molar-refractivity contribution in [3.63, 3.8) is 0 Å². The predicted molar refractivity (Wildman–Crippen MR) is 69.5 cm³/mol. The van der Waals surface area contributed by atoms with Crippen LogP contribution in [0, 0.1) is 5.92 Å². The van der Waals surface area contributed by atoms with Crippen LogP contribution in [-0.2, 0) is 10.0 Å². The van der Waals surface area contributed by atoms with E-state index in [9.17, 15) is 8.42 Å². The van der Waals surface area contributed by atoms with Crippen LogP contribution >= 0.6 is 0 Å². The molecule has 0 aromatic carbocycles. The number of hydrogen-bond acceptors (Lipinski definition) is 4. The summed E-state index contributed by atoms with van der Waals surface area (Å²) in [7, 11) is -3.52. The Morgan fingerprint density at radius 2 is 2.06 bits per heavy atom. The summed E-state index contributed by atoms with van der Waals surface area (Å²) in [6, 6.07) is 0.134. The molecule has 2 rings (SSSR count). The van der Waals surface area contributed by atoms with Crippen LogP contribution < -0.4 is 10.5 Å². The summed E-state index contributed by atoms with van der Waals surface area (Å²) in [5, 5.41) is 4.10. The summed E-state index contributed by atoms with van der Waals surface area (Å²) < 4.78 is 28.3. The Kier molecular flexibility index (Phi) is 3.37. The van der Waals surface area contributed by atoms with Gasteiger partial charge in [0.2, 0.25) is 10.0 Å². The lowest BCUT2D eigenvalue weighted by atomic mass is 10.1. The summed E-state index contributed by atoms with van der Waals surface area (Å²) in [5.41, 5.74) is 5.91.